The molecule has 0 aliphatic heterocycles. The van der Waals surface area contributed by atoms with E-state index in [4.69, 9.17) is 4.74 Å². The lowest BCUT2D eigenvalue weighted by atomic mass is 10.3. The summed E-state index contributed by atoms with van der Waals surface area (Å²) < 4.78 is 6.99. The van der Waals surface area contributed by atoms with Crippen molar-refractivity contribution < 1.29 is 4.74 Å². The number of halogens is 2. The summed E-state index contributed by atoms with van der Waals surface area (Å²) in [7, 11) is 1.62. The summed E-state index contributed by atoms with van der Waals surface area (Å²) in [6, 6.07) is 3.75. The van der Waals surface area contributed by atoms with Crippen molar-refractivity contribution in [1.29, 1.82) is 0 Å². The van der Waals surface area contributed by atoms with Crippen LogP contribution in [0.3, 0.4) is 0 Å². The number of hydrogen-bond donors (Lipinski definition) is 1. The van der Waals surface area contributed by atoms with Gasteiger partial charge in [0.25, 0.3) is 0 Å². The molecule has 0 heterocycles. The van der Waals surface area contributed by atoms with Gasteiger partial charge in [-0.3, -0.25) is 0 Å². The van der Waals surface area contributed by atoms with Gasteiger partial charge in [-0.2, -0.15) is 0 Å². The Morgan fingerprint density at radius 2 is 1.82 bits per heavy atom. The number of rotatable bonds is 1. The molecule has 11 heavy (non-hydrogen) atoms. The van der Waals surface area contributed by atoms with E-state index in [-0.39, 0.29) is 0 Å². The van der Waals surface area contributed by atoms with Gasteiger partial charge >= 0.3 is 0 Å². The van der Waals surface area contributed by atoms with Crippen molar-refractivity contribution in [2.45, 2.75) is 4.90 Å². The Labute approximate surface area is 87.8 Å². The molecular formula is C7H6Br2OS. The fourth-order valence-corrected chi connectivity index (χ4v) is 1.81. The molecule has 0 unspecified atom stereocenters. The van der Waals surface area contributed by atoms with Gasteiger partial charge in [0.15, 0.2) is 0 Å². The standard InChI is InChI=1S/C7H6Br2OS/c1-10-6-2-4(8)5(9)3-7(6)11/h2-3,11H,1H3. The van der Waals surface area contributed by atoms with Crippen LogP contribution >= 0.6 is 44.5 Å². The van der Waals surface area contributed by atoms with Crippen molar-refractivity contribution in [1.82, 2.24) is 0 Å². The smallest absolute Gasteiger partial charge is 0.133 e. The first-order chi connectivity index (χ1) is 5.15. The monoisotopic (exact) mass is 296 g/mol. The van der Waals surface area contributed by atoms with E-state index in [1.54, 1.807) is 7.11 Å². The molecule has 0 atom stereocenters. The van der Waals surface area contributed by atoms with Crippen molar-refractivity contribution >= 4 is 44.5 Å². The van der Waals surface area contributed by atoms with E-state index < -0.39 is 0 Å². The lowest BCUT2D eigenvalue weighted by molar-refractivity contribution is 0.404. The first-order valence-corrected chi connectivity index (χ1v) is 4.90. The van der Waals surface area contributed by atoms with Crippen LogP contribution in [-0.4, -0.2) is 7.11 Å². The van der Waals surface area contributed by atoms with Gasteiger partial charge in [0, 0.05) is 13.8 Å². The van der Waals surface area contributed by atoms with Crippen LogP contribution < -0.4 is 4.74 Å². The Balaban J connectivity index is 3.21. The van der Waals surface area contributed by atoms with Crippen molar-refractivity contribution in [3.05, 3.63) is 21.1 Å². The van der Waals surface area contributed by atoms with E-state index >= 15 is 0 Å². The highest BCUT2D eigenvalue weighted by atomic mass is 79.9. The van der Waals surface area contributed by atoms with Gasteiger partial charge in [0.05, 0.1) is 7.11 Å². The molecule has 1 nitrogen and oxygen atoms in total. The molecule has 4 heteroatoms. The molecule has 0 N–H and O–H groups in total. The highest BCUT2D eigenvalue weighted by Crippen LogP contribution is 2.32. The van der Waals surface area contributed by atoms with Gasteiger partial charge in [-0.15, -0.1) is 12.6 Å². The zero-order chi connectivity index (χ0) is 8.43. The molecule has 0 aromatic heterocycles. The fourth-order valence-electron chi connectivity index (χ4n) is 0.682. The van der Waals surface area contributed by atoms with Crippen LogP contribution in [0, 0.1) is 0 Å². The molecule has 0 fully saturated rings. The first-order valence-electron chi connectivity index (χ1n) is 2.87. The van der Waals surface area contributed by atoms with Gasteiger partial charge in [0.1, 0.15) is 5.75 Å². The van der Waals surface area contributed by atoms with E-state index in [0.717, 1.165) is 19.6 Å². The Morgan fingerprint density at radius 1 is 1.27 bits per heavy atom. The third-order valence-electron chi connectivity index (χ3n) is 1.22. The van der Waals surface area contributed by atoms with Gasteiger partial charge in [0.2, 0.25) is 0 Å². The first kappa shape index (κ1) is 9.42. The summed E-state index contributed by atoms with van der Waals surface area (Å²) in [5, 5.41) is 0. The number of hydrogen-bond acceptors (Lipinski definition) is 2. The van der Waals surface area contributed by atoms with Crippen LogP contribution in [-0.2, 0) is 0 Å². The van der Waals surface area contributed by atoms with E-state index in [0.29, 0.717) is 0 Å². The van der Waals surface area contributed by atoms with Crippen molar-refractivity contribution in [2.75, 3.05) is 7.11 Å². The summed E-state index contributed by atoms with van der Waals surface area (Å²) in [5.74, 6) is 0.767. The minimum atomic E-state index is 0.767. The second-order valence-corrected chi connectivity index (χ2v) is 4.13. The number of methoxy groups -OCH3 is 1. The summed E-state index contributed by atoms with van der Waals surface area (Å²) in [6.45, 7) is 0. The second kappa shape index (κ2) is 3.83. The SMILES string of the molecule is COc1cc(Br)c(Br)cc1S. The van der Waals surface area contributed by atoms with E-state index in [9.17, 15) is 0 Å². The van der Waals surface area contributed by atoms with E-state index in [2.05, 4.69) is 44.5 Å². The molecule has 1 aromatic carbocycles. The number of benzene rings is 1. The van der Waals surface area contributed by atoms with Crippen molar-refractivity contribution in [2.24, 2.45) is 0 Å². The average molecular weight is 298 g/mol. The quantitative estimate of drug-likeness (QED) is 0.781. The summed E-state index contributed by atoms with van der Waals surface area (Å²) in [6.07, 6.45) is 0. The van der Waals surface area contributed by atoms with E-state index in [1.807, 2.05) is 12.1 Å². The molecule has 0 aliphatic carbocycles. The van der Waals surface area contributed by atoms with Crippen molar-refractivity contribution in [3.8, 4) is 5.75 Å². The fraction of sp³-hybridized carbons (Fsp3) is 0.143. The van der Waals surface area contributed by atoms with Gasteiger partial charge in [-0.05, 0) is 44.0 Å². The van der Waals surface area contributed by atoms with Gasteiger partial charge in [-0.25, -0.2) is 0 Å². The maximum Gasteiger partial charge on any atom is 0.133 e. The van der Waals surface area contributed by atoms with E-state index in [1.165, 1.54) is 0 Å². The minimum absolute atomic E-state index is 0.767. The highest BCUT2D eigenvalue weighted by molar-refractivity contribution is 9.13. The average Bonchev–Trinajstić information content (AvgIpc) is 1.97. The summed E-state index contributed by atoms with van der Waals surface area (Å²) >= 11 is 10.9. The Kier molecular flexibility index (Phi) is 3.28. The topological polar surface area (TPSA) is 9.23 Å². The minimum Gasteiger partial charge on any atom is -0.496 e. The van der Waals surface area contributed by atoms with Gasteiger partial charge in [-0.1, -0.05) is 0 Å². The summed E-state index contributed by atoms with van der Waals surface area (Å²) in [4.78, 5) is 0.822. The zero-order valence-corrected chi connectivity index (χ0v) is 9.83. The molecular weight excluding hydrogens is 292 g/mol. The second-order valence-electron chi connectivity index (χ2n) is 1.94. The molecule has 60 valence electrons. The largest absolute Gasteiger partial charge is 0.496 e. The Morgan fingerprint density at radius 3 is 2.36 bits per heavy atom. The Hall–Kier alpha value is 0.330. The van der Waals surface area contributed by atoms with Gasteiger partial charge < -0.3 is 4.74 Å². The number of ether oxygens (including phenoxy) is 1. The highest BCUT2D eigenvalue weighted by Gasteiger charge is 2.03. The molecule has 0 radical (unpaired) electrons. The van der Waals surface area contributed by atoms with Crippen LogP contribution in [0.2, 0.25) is 0 Å². The van der Waals surface area contributed by atoms with Crippen LogP contribution in [0.25, 0.3) is 0 Å². The molecule has 1 rings (SSSR count). The maximum atomic E-state index is 5.05. The molecule has 0 saturated carbocycles. The third kappa shape index (κ3) is 2.13. The zero-order valence-electron chi connectivity index (χ0n) is 5.77. The molecule has 1 aromatic rings. The Bertz CT molecular complexity index is 275. The van der Waals surface area contributed by atoms with Crippen LogP contribution in [0.15, 0.2) is 26.0 Å². The molecule has 0 bridgehead atoms. The lowest BCUT2D eigenvalue weighted by Gasteiger charge is -2.04. The van der Waals surface area contributed by atoms with Crippen LogP contribution in [0.1, 0.15) is 0 Å². The predicted octanol–water partition coefficient (Wildman–Crippen LogP) is 3.51. The maximum absolute atomic E-state index is 5.05. The molecule has 0 aliphatic rings. The summed E-state index contributed by atoms with van der Waals surface area (Å²) in [5.41, 5.74) is 0. The predicted molar refractivity (Wildman–Crippen MR) is 55.6 cm³/mol. The third-order valence-corrected chi connectivity index (χ3v) is 3.42. The van der Waals surface area contributed by atoms with Crippen LogP contribution in [0.5, 0.6) is 5.75 Å². The number of thiol groups is 1. The lowest BCUT2D eigenvalue weighted by Crippen LogP contribution is -1.84. The van der Waals surface area contributed by atoms with Crippen molar-refractivity contribution in [3.63, 3.8) is 0 Å². The normalized spacial score (nSPS) is 9.82. The molecule has 0 amide bonds. The molecule has 0 saturated heterocycles. The molecule has 0 spiro atoms. The van der Waals surface area contributed by atoms with Crippen LogP contribution in [0.4, 0.5) is 0 Å².